The molecule has 0 bridgehead atoms. The predicted molar refractivity (Wildman–Crippen MR) is 92.4 cm³/mol. The Morgan fingerprint density at radius 3 is 2.65 bits per heavy atom. The first-order chi connectivity index (χ1) is 12.4. The second-order valence-corrected chi connectivity index (χ2v) is 5.95. The second kappa shape index (κ2) is 8.46. The zero-order valence-corrected chi connectivity index (χ0v) is 15.0. The number of hydrogen-bond acceptors (Lipinski definition) is 6. The van der Waals surface area contributed by atoms with Crippen LogP contribution in [0.1, 0.15) is 25.8 Å². The van der Waals surface area contributed by atoms with Crippen molar-refractivity contribution < 1.29 is 28.7 Å². The predicted octanol–water partition coefficient (Wildman–Crippen LogP) is 1.42. The summed E-state index contributed by atoms with van der Waals surface area (Å²) < 4.78 is 9.40. The first-order valence-electron chi connectivity index (χ1n) is 8.34. The SMILES string of the molecule is CCc1ccccc1N1C[C@@H](C(=O)O[C@H](C)C(=O)NC(=O)OC)CC1=O. The number of carbonyl (C=O) groups is 4. The number of rotatable bonds is 5. The van der Waals surface area contributed by atoms with Crippen LogP contribution in [0.5, 0.6) is 0 Å². The first-order valence-corrected chi connectivity index (χ1v) is 8.34. The molecule has 1 aromatic carbocycles. The standard InChI is InChI=1S/C18H22N2O6/c1-4-12-7-5-6-8-14(12)20-10-13(9-15(20)21)17(23)26-11(2)16(22)19-18(24)25-3/h5-8,11,13H,4,9-10H2,1-3H3,(H,19,22,24)/t11-,13+/m1/s1. The zero-order chi connectivity index (χ0) is 19.3. The van der Waals surface area contributed by atoms with Gasteiger partial charge in [0.2, 0.25) is 5.91 Å². The highest BCUT2D eigenvalue weighted by atomic mass is 16.6. The van der Waals surface area contributed by atoms with Crippen molar-refractivity contribution in [2.75, 3.05) is 18.6 Å². The van der Waals surface area contributed by atoms with E-state index in [0.29, 0.717) is 0 Å². The lowest BCUT2D eigenvalue weighted by molar-refractivity contribution is -0.158. The highest BCUT2D eigenvalue weighted by Crippen LogP contribution is 2.29. The summed E-state index contributed by atoms with van der Waals surface area (Å²) in [5, 5.41) is 1.93. The quantitative estimate of drug-likeness (QED) is 0.795. The summed E-state index contributed by atoms with van der Waals surface area (Å²) in [5.74, 6) is -2.27. The van der Waals surface area contributed by atoms with Crippen LogP contribution in [0, 0.1) is 5.92 Å². The molecule has 1 saturated heterocycles. The van der Waals surface area contributed by atoms with Crippen molar-refractivity contribution in [3.63, 3.8) is 0 Å². The van der Waals surface area contributed by atoms with Gasteiger partial charge in [0.15, 0.2) is 6.10 Å². The number of nitrogens with one attached hydrogen (secondary N) is 1. The van der Waals surface area contributed by atoms with Crippen molar-refractivity contribution in [2.24, 2.45) is 5.92 Å². The third kappa shape index (κ3) is 4.38. The Balaban J connectivity index is 2.00. The molecule has 0 aromatic heterocycles. The number of imide groups is 1. The topological polar surface area (TPSA) is 102 Å². The van der Waals surface area contributed by atoms with Crippen LogP contribution >= 0.6 is 0 Å². The van der Waals surface area contributed by atoms with Crippen LogP contribution in [0.25, 0.3) is 0 Å². The van der Waals surface area contributed by atoms with Gasteiger partial charge in [0.1, 0.15) is 0 Å². The Morgan fingerprint density at radius 1 is 1.31 bits per heavy atom. The molecule has 0 radical (unpaired) electrons. The van der Waals surface area contributed by atoms with Crippen LogP contribution in [0.3, 0.4) is 0 Å². The minimum Gasteiger partial charge on any atom is -0.453 e. The summed E-state index contributed by atoms with van der Waals surface area (Å²) in [4.78, 5) is 49.0. The lowest BCUT2D eigenvalue weighted by atomic mass is 10.1. The zero-order valence-electron chi connectivity index (χ0n) is 15.0. The molecule has 1 heterocycles. The number of alkyl carbamates (subject to hydrolysis) is 1. The van der Waals surface area contributed by atoms with E-state index >= 15 is 0 Å². The van der Waals surface area contributed by atoms with Crippen molar-refractivity contribution in [3.05, 3.63) is 29.8 Å². The fourth-order valence-electron chi connectivity index (χ4n) is 2.75. The van der Waals surface area contributed by atoms with Gasteiger partial charge in [0.25, 0.3) is 5.91 Å². The Labute approximate surface area is 151 Å². The average molecular weight is 362 g/mol. The van der Waals surface area contributed by atoms with Gasteiger partial charge in [-0.25, -0.2) is 4.79 Å². The smallest absolute Gasteiger partial charge is 0.413 e. The van der Waals surface area contributed by atoms with Crippen molar-refractivity contribution in [1.82, 2.24) is 5.32 Å². The fourth-order valence-corrected chi connectivity index (χ4v) is 2.75. The number of hydrogen-bond donors (Lipinski definition) is 1. The van der Waals surface area contributed by atoms with E-state index in [-0.39, 0.29) is 18.9 Å². The van der Waals surface area contributed by atoms with Crippen molar-refractivity contribution in [1.29, 1.82) is 0 Å². The van der Waals surface area contributed by atoms with Crippen LogP contribution < -0.4 is 10.2 Å². The number of para-hydroxylation sites is 1. The van der Waals surface area contributed by atoms with E-state index in [1.54, 1.807) is 4.90 Å². The fraction of sp³-hybridized carbons (Fsp3) is 0.444. The minimum atomic E-state index is -1.17. The molecule has 0 aliphatic carbocycles. The molecule has 26 heavy (non-hydrogen) atoms. The molecule has 1 fully saturated rings. The number of anilines is 1. The maximum Gasteiger partial charge on any atom is 0.413 e. The number of carbonyl (C=O) groups excluding carboxylic acids is 4. The lowest BCUT2D eigenvalue weighted by Gasteiger charge is -2.20. The Hall–Kier alpha value is -2.90. The Morgan fingerprint density at radius 2 is 2.00 bits per heavy atom. The highest BCUT2D eigenvalue weighted by Gasteiger charge is 2.38. The van der Waals surface area contributed by atoms with Gasteiger partial charge in [-0.15, -0.1) is 0 Å². The Kier molecular flexibility index (Phi) is 6.32. The van der Waals surface area contributed by atoms with Crippen LogP contribution in [-0.2, 0) is 30.3 Å². The van der Waals surface area contributed by atoms with Crippen molar-refractivity contribution >= 4 is 29.6 Å². The van der Waals surface area contributed by atoms with Gasteiger partial charge in [-0.1, -0.05) is 25.1 Å². The monoisotopic (exact) mass is 362 g/mol. The molecule has 0 spiro atoms. The third-order valence-corrected chi connectivity index (χ3v) is 4.19. The maximum atomic E-state index is 12.3. The molecule has 140 valence electrons. The average Bonchev–Trinajstić information content (AvgIpc) is 3.03. The van der Waals surface area contributed by atoms with Gasteiger partial charge >= 0.3 is 12.1 Å². The number of aryl methyl sites for hydroxylation is 1. The lowest BCUT2D eigenvalue weighted by Crippen LogP contribution is -2.40. The maximum absolute atomic E-state index is 12.3. The number of amides is 3. The van der Waals surface area contributed by atoms with Crippen molar-refractivity contribution in [2.45, 2.75) is 32.8 Å². The van der Waals surface area contributed by atoms with Crippen LogP contribution in [0.4, 0.5) is 10.5 Å². The summed E-state index contributed by atoms with van der Waals surface area (Å²) in [6.07, 6.45) is -1.33. The summed E-state index contributed by atoms with van der Waals surface area (Å²) >= 11 is 0. The normalized spacial score (nSPS) is 17.6. The molecule has 1 aromatic rings. The van der Waals surface area contributed by atoms with E-state index in [1.807, 2.05) is 36.5 Å². The Bertz CT molecular complexity index is 717. The van der Waals surface area contributed by atoms with Gasteiger partial charge in [0.05, 0.1) is 13.0 Å². The molecule has 1 aliphatic rings. The molecule has 1 N–H and O–H groups in total. The van der Waals surface area contributed by atoms with Gasteiger partial charge in [-0.05, 0) is 25.0 Å². The summed E-state index contributed by atoms with van der Waals surface area (Å²) in [5.41, 5.74) is 1.80. The van der Waals surface area contributed by atoms with Crippen LogP contribution in [0.2, 0.25) is 0 Å². The molecule has 2 rings (SSSR count). The molecule has 0 saturated carbocycles. The van der Waals surface area contributed by atoms with E-state index < -0.39 is 30.0 Å². The summed E-state index contributed by atoms with van der Waals surface area (Å²) in [6, 6.07) is 7.52. The van der Waals surface area contributed by atoms with E-state index in [0.717, 1.165) is 24.8 Å². The number of esters is 1. The molecular weight excluding hydrogens is 340 g/mol. The van der Waals surface area contributed by atoms with E-state index in [2.05, 4.69) is 4.74 Å². The van der Waals surface area contributed by atoms with Crippen molar-refractivity contribution in [3.8, 4) is 0 Å². The molecular formula is C18H22N2O6. The largest absolute Gasteiger partial charge is 0.453 e. The van der Waals surface area contributed by atoms with E-state index in [4.69, 9.17) is 4.74 Å². The molecule has 2 atom stereocenters. The summed E-state index contributed by atoms with van der Waals surface area (Å²) in [6.45, 7) is 3.53. The number of methoxy groups -OCH3 is 1. The third-order valence-electron chi connectivity index (χ3n) is 4.19. The number of benzene rings is 1. The van der Waals surface area contributed by atoms with Crippen LogP contribution in [-0.4, -0.2) is 43.6 Å². The molecule has 8 heteroatoms. The molecule has 1 aliphatic heterocycles. The number of nitrogens with zero attached hydrogens (tertiary/aromatic N) is 1. The van der Waals surface area contributed by atoms with E-state index in [9.17, 15) is 19.2 Å². The minimum absolute atomic E-state index is 0.0161. The van der Waals surface area contributed by atoms with E-state index in [1.165, 1.54) is 6.92 Å². The molecule has 8 nitrogen and oxygen atoms in total. The highest BCUT2D eigenvalue weighted by molar-refractivity contribution is 6.00. The van der Waals surface area contributed by atoms with Gasteiger partial charge in [0, 0.05) is 18.7 Å². The first kappa shape index (κ1) is 19.4. The van der Waals surface area contributed by atoms with Gasteiger partial charge in [-0.2, -0.15) is 0 Å². The molecule has 3 amide bonds. The summed E-state index contributed by atoms with van der Waals surface area (Å²) in [7, 11) is 1.12. The van der Waals surface area contributed by atoms with Crippen LogP contribution in [0.15, 0.2) is 24.3 Å². The molecule has 0 unspecified atom stereocenters. The van der Waals surface area contributed by atoms with Gasteiger partial charge < -0.3 is 14.4 Å². The van der Waals surface area contributed by atoms with Gasteiger partial charge in [-0.3, -0.25) is 19.7 Å². The second-order valence-electron chi connectivity index (χ2n) is 5.95. The number of ether oxygens (including phenoxy) is 2.